The second kappa shape index (κ2) is 8.18. The number of hydrogen-bond donors (Lipinski definition) is 2. The molecule has 0 radical (unpaired) electrons. The van der Waals surface area contributed by atoms with Crippen LogP contribution in [0.5, 0.6) is 11.5 Å². The number of benzene rings is 2. The SMILES string of the molecule is CCC(C)c1cc(Sc2cc(C(C)CC)c(O)cc2C)c(C)cc1O. The smallest absolute Gasteiger partial charge is 0.119 e. The second-order valence-electron chi connectivity index (χ2n) is 7.07. The fourth-order valence-corrected chi connectivity index (χ4v) is 3.99. The Balaban J connectivity index is 2.46. The quantitative estimate of drug-likeness (QED) is 0.590. The Labute approximate surface area is 156 Å². The lowest BCUT2D eigenvalue weighted by molar-refractivity contribution is 0.460. The monoisotopic (exact) mass is 358 g/mol. The highest BCUT2D eigenvalue weighted by Gasteiger charge is 2.16. The minimum absolute atomic E-state index is 0.330. The van der Waals surface area contributed by atoms with Gasteiger partial charge < -0.3 is 10.2 Å². The molecule has 0 bridgehead atoms. The summed E-state index contributed by atoms with van der Waals surface area (Å²) in [6.07, 6.45) is 1.99. The van der Waals surface area contributed by atoms with Crippen LogP contribution in [0.15, 0.2) is 34.1 Å². The van der Waals surface area contributed by atoms with Gasteiger partial charge >= 0.3 is 0 Å². The molecule has 0 aliphatic heterocycles. The standard InChI is InChI=1S/C22H30O2S/c1-7-13(3)17-11-21(15(5)9-19(17)23)25-22-12-18(14(4)8-2)20(24)10-16(22)6/h9-14,23-24H,7-8H2,1-6H3. The number of aryl methyl sites for hydroxylation is 2. The van der Waals surface area contributed by atoms with Crippen LogP contribution < -0.4 is 0 Å². The average Bonchev–Trinajstić information content (AvgIpc) is 2.57. The van der Waals surface area contributed by atoms with Crippen LogP contribution in [0, 0.1) is 13.8 Å². The van der Waals surface area contributed by atoms with E-state index in [2.05, 4.69) is 39.8 Å². The molecule has 2 unspecified atom stereocenters. The molecule has 0 aliphatic carbocycles. The van der Waals surface area contributed by atoms with Gasteiger partial charge in [-0.1, -0.05) is 39.5 Å². The fourth-order valence-electron chi connectivity index (χ4n) is 2.94. The Morgan fingerprint density at radius 1 is 0.760 bits per heavy atom. The van der Waals surface area contributed by atoms with Crippen LogP contribution in [0.1, 0.15) is 74.6 Å². The number of aromatic hydroxyl groups is 2. The maximum Gasteiger partial charge on any atom is 0.119 e. The first-order valence-electron chi connectivity index (χ1n) is 9.13. The highest BCUT2D eigenvalue weighted by atomic mass is 32.2. The molecule has 136 valence electrons. The molecule has 25 heavy (non-hydrogen) atoms. The highest BCUT2D eigenvalue weighted by Crippen LogP contribution is 2.41. The maximum atomic E-state index is 10.3. The first-order chi connectivity index (χ1) is 11.8. The van der Waals surface area contributed by atoms with Crippen LogP contribution in [0.25, 0.3) is 0 Å². The molecule has 0 spiro atoms. The van der Waals surface area contributed by atoms with Gasteiger partial charge in [-0.3, -0.25) is 0 Å². The first kappa shape index (κ1) is 19.7. The van der Waals surface area contributed by atoms with E-state index in [0.29, 0.717) is 23.3 Å². The van der Waals surface area contributed by atoms with E-state index in [1.807, 2.05) is 26.0 Å². The summed E-state index contributed by atoms with van der Waals surface area (Å²) in [4.78, 5) is 2.33. The Morgan fingerprint density at radius 3 is 1.44 bits per heavy atom. The Hall–Kier alpha value is -1.61. The molecule has 0 fully saturated rings. The summed E-state index contributed by atoms with van der Waals surface area (Å²) in [6.45, 7) is 12.6. The van der Waals surface area contributed by atoms with Gasteiger partial charge in [0.25, 0.3) is 0 Å². The molecular formula is C22H30O2S. The Bertz CT molecular complexity index is 689. The van der Waals surface area contributed by atoms with Crippen molar-refractivity contribution in [2.45, 2.75) is 76.0 Å². The van der Waals surface area contributed by atoms with Crippen LogP contribution in [0.4, 0.5) is 0 Å². The summed E-state index contributed by atoms with van der Waals surface area (Å²) in [5.41, 5.74) is 4.17. The van der Waals surface area contributed by atoms with Gasteiger partial charge in [0.1, 0.15) is 11.5 Å². The molecule has 3 heteroatoms. The molecule has 2 N–H and O–H groups in total. The van der Waals surface area contributed by atoms with Crippen molar-refractivity contribution in [3.8, 4) is 11.5 Å². The largest absolute Gasteiger partial charge is 0.508 e. The van der Waals surface area contributed by atoms with Crippen molar-refractivity contribution < 1.29 is 10.2 Å². The molecule has 0 saturated carbocycles. The van der Waals surface area contributed by atoms with Crippen molar-refractivity contribution in [2.24, 2.45) is 0 Å². The van der Waals surface area contributed by atoms with Crippen molar-refractivity contribution in [3.05, 3.63) is 46.5 Å². The van der Waals surface area contributed by atoms with Crippen molar-refractivity contribution in [3.63, 3.8) is 0 Å². The van der Waals surface area contributed by atoms with Gasteiger partial charge in [-0.2, -0.15) is 0 Å². The van der Waals surface area contributed by atoms with Gasteiger partial charge in [-0.05, 0) is 85.0 Å². The molecule has 2 nitrogen and oxygen atoms in total. The summed E-state index contributed by atoms with van der Waals surface area (Å²) in [5.74, 6) is 1.44. The van der Waals surface area contributed by atoms with Gasteiger partial charge in [0.2, 0.25) is 0 Å². The van der Waals surface area contributed by atoms with Crippen LogP contribution in [-0.2, 0) is 0 Å². The third kappa shape index (κ3) is 4.33. The predicted octanol–water partition coefficient (Wildman–Crippen LogP) is 6.89. The third-order valence-electron chi connectivity index (χ3n) is 5.15. The van der Waals surface area contributed by atoms with Crippen molar-refractivity contribution in [1.82, 2.24) is 0 Å². The number of rotatable bonds is 6. The van der Waals surface area contributed by atoms with E-state index in [-0.39, 0.29) is 0 Å². The summed E-state index contributed by atoms with van der Waals surface area (Å²) in [7, 11) is 0. The van der Waals surface area contributed by atoms with Crippen LogP contribution >= 0.6 is 11.8 Å². The molecule has 0 aromatic heterocycles. The Kier molecular flexibility index (Phi) is 6.45. The van der Waals surface area contributed by atoms with E-state index in [0.717, 1.165) is 44.9 Å². The first-order valence-corrected chi connectivity index (χ1v) is 9.94. The number of phenols is 2. The molecule has 0 saturated heterocycles. The normalized spacial score (nSPS) is 13.7. The molecule has 0 aliphatic rings. The fraction of sp³-hybridized carbons (Fsp3) is 0.455. The lowest BCUT2D eigenvalue weighted by atomic mass is 9.96. The van der Waals surface area contributed by atoms with E-state index < -0.39 is 0 Å². The number of hydrogen-bond acceptors (Lipinski definition) is 3. The highest BCUT2D eigenvalue weighted by molar-refractivity contribution is 7.99. The van der Waals surface area contributed by atoms with Crippen molar-refractivity contribution in [1.29, 1.82) is 0 Å². The average molecular weight is 359 g/mol. The van der Waals surface area contributed by atoms with Crippen LogP contribution in [0.3, 0.4) is 0 Å². The minimum Gasteiger partial charge on any atom is -0.508 e. The van der Waals surface area contributed by atoms with E-state index in [1.165, 1.54) is 0 Å². The lowest BCUT2D eigenvalue weighted by Crippen LogP contribution is -1.96. The third-order valence-corrected chi connectivity index (χ3v) is 6.47. The van der Waals surface area contributed by atoms with Gasteiger partial charge in [-0.25, -0.2) is 0 Å². The van der Waals surface area contributed by atoms with Crippen LogP contribution in [0.2, 0.25) is 0 Å². The van der Waals surface area contributed by atoms with Crippen LogP contribution in [-0.4, -0.2) is 10.2 Å². The zero-order valence-electron chi connectivity index (χ0n) is 16.2. The van der Waals surface area contributed by atoms with E-state index in [9.17, 15) is 10.2 Å². The lowest BCUT2D eigenvalue weighted by Gasteiger charge is -2.18. The summed E-state index contributed by atoms with van der Waals surface area (Å²) < 4.78 is 0. The predicted molar refractivity (Wildman–Crippen MR) is 107 cm³/mol. The summed E-state index contributed by atoms with van der Waals surface area (Å²) in [5, 5.41) is 20.6. The van der Waals surface area contributed by atoms with Gasteiger partial charge in [0.15, 0.2) is 0 Å². The minimum atomic E-state index is 0.330. The van der Waals surface area contributed by atoms with Gasteiger partial charge in [0.05, 0.1) is 0 Å². The molecular weight excluding hydrogens is 328 g/mol. The maximum absolute atomic E-state index is 10.3. The van der Waals surface area contributed by atoms with E-state index >= 15 is 0 Å². The molecule has 2 atom stereocenters. The Morgan fingerprint density at radius 2 is 1.12 bits per heavy atom. The van der Waals surface area contributed by atoms with E-state index in [1.54, 1.807) is 11.8 Å². The zero-order valence-corrected chi connectivity index (χ0v) is 17.0. The van der Waals surface area contributed by atoms with E-state index in [4.69, 9.17) is 0 Å². The number of phenolic OH excluding ortho intramolecular Hbond substituents is 2. The summed E-state index contributed by atoms with van der Waals surface area (Å²) >= 11 is 1.72. The molecule has 0 heterocycles. The zero-order chi connectivity index (χ0) is 18.7. The van der Waals surface area contributed by atoms with Crippen molar-refractivity contribution in [2.75, 3.05) is 0 Å². The van der Waals surface area contributed by atoms with Gasteiger partial charge in [-0.15, -0.1) is 0 Å². The topological polar surface area (TPSA) is 40.5 Å². The molecule has 2 rings (SSSR count). The second-order valence-corrected chi connectivity index (χ2v) is 8.16. The molecule has 2 aromatic rings. The summed E-state index contributed by atoms with van der Waals surface area (Å²) in [6, 6.07) is 7.99. The van der Waals surface area contributed by atoms with Gasteiger partial charge in [0, 0.05) is 9.79 Å². The molecule has 2 aromatic carbocycles. The van der Waals surface area contributed by atoms with Crippen molar-refractivity contribution >= 4 is 11.8 Å². The molecule has 0 amide bonds.